The van der Waals surface area contributed by atoms with Crippen LogP contribution >= 0.6 is 0 Å². The largest absolute Gasteiger partial charge is 0.386 e. The third-order valence-corrected chi connectivity index (χ3v) is 5.92. The number of hydrogen-bond donors (Lipinski definition) is 3. The smallest absolute Gasteiger partial charge is 0.260 e. The summed E-state index contributed by atoms with van der Waals surface area (Å²) < 4.78 is 22.7. The van der Waals surface area contributed by atoms with E-state index in [-0.39, 0.29) is 4.90 Å². The van der Waals surface area contributed by atoms with Crippen LogP contribution in [0.1, 0.15) is 32.7 Å². The number of fused-ring (bicyclic) bond motifs is 1. The fraction of sp³-hybridized carbons (Fsp3) is 0.0417. The number of nitrogens with two attached hydrogens (primary N) is 1. The van der Waals surface area contributed by atoms with E-state index >= 15 is 0 Å². The van der Waals surface area contributed by atoms with Crippen molar-refractivity contribution in [2.24, 2.45) is 5.14 Å². The van der Waals surface area contributed by atoms with Crippen LogP contribution in [0.5, 0.6) is 0 Å². The van der Waals surface area contributed by atoms with Gasteiger partial charge in [0, 0.05) is 30.1 Å². The monoisotopic (exact) mass is 460 g/mol. The van der Waals surface area contributed by atoms with Crippen molar-refractivity contribution in [2.45, 2.75) is 11.4 Å². The number of amides is 2. The molecule has 0 fully saturated rings. The number of pyridine rings is 1. The molecule has 2 heterocycles. The molecule has 0 atom stereocenters. The average molecular weight is 461 g/mol. The summed E-state index contributed by atoms with van der Waals surface area (Å²) in [6.07, 6.45) is 6.95. The Morgan fingerprint density at radius 2 is 1.73 bits per heavy atom. The van der Waals surface area contributed by atoms with Gasteiger partial charge in [-0.3, -0.25) is 19.9 Å². The van der Waals surface area contributed by atoms with Gasteiger partial charge in [-0.25, -0.2) is 13.6 Å². The highest BCUT2D eigenvalue weighted by atomic mass is 32.2. The van der Waals surface area contributed by atoms with E-state index in [1.807, 2.05) is 30.4 Å². The zero-order valence-electron chi connectivity index (χ0n) is 17.4. The molecule has 0 unspecified atom stereocenters. The van der Waals surface area contributed by atoms with Gasteiger partial charge in [0.1, 0.15) is 0 Å². The third kappa shape index (κ3) is 5.22. The molecule has 2 amide bonds. The summed E-state index contributed by atoms with van der Waals surface area (Å²) in [7, 11) is -3.76. The summed E-state index contributed by atoms with van der Waals surface area (Å²) in [6, 6.07) is 16.9. The number of primary sulfonamides is 1. The molecule has 1 aromatic heterocycles. The second-order valence-electron chi connectivity index (χ2n) is 7.30. The summed E-state index contributed by atoms with van der Waals surface area (Å²) in [5, 5.41) is 10.5. The maximum atomic E-state index is 12.5. The molecule has 3 aromatic rings. The van der Waals surface area contributed by atoms with Crippen LogP contribution in [0.3, 0.4) is 0 Å². The van der Waals surface area contributed by atoms with E-state index < -0.39 is 21.8 Å². The van der Waals surface area contributed by atoms with E-state index in [1.54, 1.807) is 42.7 Å². The van der Waals surface area contributed by atoms with Gasteiger partial charge >= 0.3 is 0 Å². The highest BCUT2D eigenvalue weighted by Gasteiger charge is 2.27. The van der Waals surface area contributed by atoms with E-state index in [2.05, 4.69) is 15.6 Å². The van der Waals surface area contributed by atoms with Gasteiger partial charge in [0.05, 0.1) is 16.2 Å². The normalized spacial score (nSPS) is 14.9. The summed E-state index contributed by atoms with van der Waals surface area (Å²) in [5.41, 5.74) is 3.62. The Labute approximate surface area is 190 Å². The molecule has 0 radical (unpaired) electrons. The SMILES string of the molecule is NS(=O)(=O)c1ccc(CN/C=C2\C(=O)NC(=O)c3ccc(/C=C/c4ccccn4)cc32)cc1. The lowest BCUT2D eigenvalue weighted by Crippen LogP contribution is -2.37. The van der Waals surface area contributed by atoms with Crippen LogP contribution in [0.25, 0.3) is 17.7 Å². The third-order valence-electron chi connectivity index (χ3n) is 4.99. The lowest BCUT2D eigenvalue weighted by molar-refractivity contribution is -0.114. The van der Waals surface area contributed by atoms with E-state index in [0.29, 0.717) is 23.2 Å². The first kappa shape index (κ1) is 22.1. The molecule has 0 spiro atoms. The molecule has 1 aliphatic rings. The van der Waals surface area contributed by atoms with Gasteiger partial charge in [-0.05, 0) is 53.6 Å². The van der Waals surface area contributed by atoms with Crippen molar-refractivity contribution in [2.75, 3.05) is 0 Å². The first-order valence-electron chi connectivity index (χ1n) is 9.96. The number of nitrogens with zero attached hydrogens (tertiary/aromatic N) is 1. The fourth-order valence-electron chi connectivity index (χ4n) is 3.31. The Morgan fingerprint density at radius 3 is 2.42 bits per heavy atom. The van der Waals surface area contributed by atoms with Crippen molar-refractivity contribution in [3.05, 3.63) is 101 Å². The molecule has 8 nitrogen and oxygen atoms in total. The van der Waals surface area contributed by atoms with Crippen molar-refractivity contribution in [1.29, 1.82) is 0 Å². The predicted molar refractivity (Wildman–Crippen MR) is 125 cm³/mol. The molecule has 9 heteroatoms. The number of hydrogen-bond acceptors (Lipinski definition) is 6. The van der Waals surface area contributed by atoms with Gasteiger partial charge in [-0.15, -0.1) is 0 Å². The quantitative estimate of drug-likeness (QED) is 0.382. The minimum absolute atomic E-state index is 0.0231. The molecule has 1 aliphatic heterocycles. The Hall–Kier alpha value is -4.08. The second-order valence-corrected chi connectivity index (χ2v) is 8.87. The van der Waals surface area contributed by atoms with E-state index in [1.165, 1.54) is 12.1 Å². The Bertz CT molecular complexity index is 1380. The Balaban J connectivity index is 1.56. The summed E-state index contributed by atoms with van der Waals surface area (Å²) in [6.45, 7) is 0.338. The van der Waals surface area contributed by atoms with Gasteiger partial charge < -0.3 is 5.32 Å². The summed E-state index contributed by atoms with van der Waals surface area (Å²) in [4.78, 5) is 29.0. The van der Waals surface area contributed by atoms with E-state index in [9.17, 15) is 18.0 Å². The molecular weight excluding hydrogens is 440 g/mol. The van der Waals surface area contributed by atoms with Gasteiger partial charge in [0.2, 0.25) is 10.0 Å². The topological polar surface area (TPSA) is 131 Å². The van der Waals surface area contributed by atoms with Crippen LogP contribution in [0.4, 0.5) is 0 Å². The van der Waals surface area contributed by atoms with Crippen LogP contribution < -0.4 is 15.8 Å². The molecular formula is C24H20N4O4S. The van der Waals surface area contributed by atoms with Gasteiger partial charge in [0.15, 0.2) is 0 Å². The maximum Gasteiger partial charge on any atom is 0.260 e. The van der Waals surface area contributed by atoms with Crippen molar-refractivity contribution >= 4 is 39.6 Å². The number of imide groups is 1. The number of carbonyl (C=O) groups is 2. The van der Waals surface area contributed by atoms with E-state index in [4.69, 9.17) is 5.14 Å². The van der Waals surface area contributed by atoms with Crippen molar-refractivity contribution < 1.29 is 18.0 Å². The number of rotatable bonds is 6. The van der Waals surface area contributed by atoms with Gasteiger partial charge in [0.25, 0.3) is 11.8 Å². The van der Waals surface area contributed by atoms with Crippen LogP contribution in [-0.2, 0) is 21.4 Å². The molecule has 4 rings (SSSR count). The number of sulfonamides is 1. The first-order valence-corrected chi connectivity index (χ1v) is 11.5. The standard InChI is InChI=1S/C24H20N4O4S/c25-33(31,32)19-9-5-17(6-10-19)14-26-15-22-21-13-16(4-8-18-3-1-2-12-27-18)7-11-20(21)23(29)28-24(22)30/h1-13,15,26H,14H2,(H2,25,31,32)(H,28,29,30)/b8-4+,22-15-. The maximum absolute atomic E-state index is 12.5. The van der Waals surface area contributed by atoms with Crippen molar-refractivity contribution in [1.82, 2.24) is 15.6 Å². The Morgan fingerprint density at radius 1 is 0.939 bits per heavy atom. The molecule has 0 saturated heterocycles. The fourth-order valence-corrected chi connectivity index (χ4v) is 3.83. The lowest BCUT2D eigenvalue weighted by atomic mass is 9.93. The molecule has 166 valence electrons. The second kappa shape index (κ2) is 9.19. The minimum atomic E-state index is -3.76. The Kier molecular flexibility index (Phi) is 6.16. The van der Waals surface area contributed by atoms with Crippen LogP contribution in [0, 0.1) is 0 Å². The number of benzene rings is 2. The zero-order valence-corrected chi connectivity index (χ0v) is 18.2. The van der Waals surface area contributed by atoms with Gasteiger partial charge in [-0.2, -0.15) is 0 Å². The first-order chi connectivity index (χ1) is 15.8. The minimum Gasteiger partial charge on any atom is -0.386 e. The molecule has 0 aliphatic carbocycles. The summed E-state index contributed by atoms with van der Waals surface area (Å²) >= 11 is 0. The number of aromatic nitrogens is 1. The molecule has 0 bridgehead atoms. The summed E-state index contributed by atoms with van der Waals surface area (Å²) in [5.74, 6) is -0.957. The average Bonchev–Trinajstić information content (AvgIpc) is 2.80. The molecule has 2 aromatic carbocycles. The van der Waals surface area contributed by atoms with Crippen molar-refractivity contribution in [3.8, 4) is 0 Å². The van der Waals surface area contributed by atoms with Crippen LogP contribution in [0.15, 0.2) is 78.0 Å². The predicted octanol–water partition coefficient (Wildman–Crippen LogP) is 2.30. The molecule has 4 N–H and O–H groups in total. The number of carbonyl (C=O) groups excluding carboxylic acids is 2. The van der Waals surface area contributed by atoms with E-state index in [0.717, 1.165) is 16.8 Å². The van der Waals surface area contributed by atoms with Crippen LogP contribution in [-0.4, -0.2) is 25.2 Å². The highest BCUT2D eigenvalue weighted by Crippen LogP contribution is 2.26. The zero-order chi connectivity index (χ0) is 23.4. The van der Waals surface area contributed by atoms with Crippen LogP contribution in [0.2, 0.25) is 0 Å². The van der Waals surface area contributed by atoms with Crippen molar-refractivity contribution in [3.63, 3.8) is 0 Å². The molecule has 0 saturated carbocycles. The van der Waals surface area contributed by atoms with Gasteiger partial charge in [-0.1, -0.05) is 30.3 Å². The lowest BCUT2D eigenvalue weighted by Gasteiger charge is -2.19. The number of nitrogens with one attached hydrogen (secondary N) is 2. The molecule has 33 heavy (non-hydrogen) atoms. The highest BCUT2D eigenvalue weighted by molar-refractivity contribution is 7.89.